The first kappa shape index (κ1) is 16.5. The van der Waals surface area contributed by atoms with Crippen molar-refractivity contribution in [2.24, 2.45) is 4.99 Å². The summed E-state index contributed by atoms with van der Waals surface area (Å²) in [5.41, 5.74) is 0. The number of carboxylic acids is 1. The molecule has 0 bridgehead atoms. The number of carbonyl (C=O) groups is 2. The van der Waals surface area contributed by atoms with Crippen LogP contribution in [0.2, 0.25) is 0 Å². The highest BCUT2D eigenvalue weighted by Gasteiger charge is 2.02. The molecule has 0 aromatic heterocycles. The van der Waals surface area contributed by atoms with Gasteiger partial charge in [-0.25, -0.2) is 4.99 Å². The second-order valence-electron chi connectivity index (χ2n) is 5.95. The number of hydrogen-bond donors (Lipinski definition) is 1. The van der Waals surface area contributed by atoms with E-state index in [-0.39, 0.29) is 6.42 Å². The molecule has 1 N–H and O–H groups in total. The van der Waals surface area contributed by atoms with Crippen LogP contribution in [0, 0.1) is 0 Å². The minimum Gasteiger partial charge on any atom is -0.480 e. The maximum atomic E-state index is 11.7. The minimum atomic E-state index is -2.63. The Labute approximate surface area is 145 Å². The monoisotopic (exact) mass is 329 g/mol. The number of carboxylic acid groups (broad SMARTS) is 1. The van der Waals surface area contributed by atoms with Gasteiger partial charge in [0.25, 0.3) is 0 Å². The molecule has 0 atom stereocenters. The molecule has 0 aromatic carbocycles. The van der Waals surface area contributed by atoms with Crippen molar-refractivity contribution in [1.82, 2.24) is 4.90 Å². The molecule has 0 heterocycles. The fourth-order valence-corrected chi connectivity index (χ4v) is 2.33. The Morgan fingerprint density at radius 2 is 1.52 bits per heavy atom. The number of unbranched alkanes of at least 4 members (excludes halogenated alkanes) is 10. The topological polar surface area (TPSA) is 70.0 Å². The van der Waals surface area contributed by atoms with E-state index in [0.29, 0.717) is 4.90 Å². The van der Waals surface area contributed by atoms with E-state index in [4.69, 9.17) is 9.22 Å². The van der Waals surface area contributed by atoms with Gasteiger partial charge in [-0.3, -0.25) is 9.59 Å². The van der Waals surface area contributed by atoms with Gasteiger partial charge in [0.05, 0.1) is 6.34 Å². The van der Waals surface area contributed by atoms with Gasteiger partial charge < -0.3 is 10.0 Å². The van der Waals surface area contributed by atoms with Gasteiger partial charge in [0, 0.05) is 17.5 Å². The second-order valence-corrected chi connectivity index (χ2v) is 5.95. The van der Waals surface area contributed by atoms with Gasteiger partial charge in [-0.05, 0) is 6.42 Å². The first-order chi connectivity index (χ1) is 12.3. The van der Waals surface area contributed by atoms with Crippen LogP contribution >= 0.6 is 0 Å². The molecule has 0 spiro atoms. The molecule has 1 amide bonds. The molecular weight excluding hydrogens is 292 g/mol. The molecule has 0 unspecified atom stereocenters. The van der Waals surface area contributed by atoms with Crippen LogP contribution in [0.5, 0.6) is 0 Å². The molecule has 134 valence electrons. The van der Waals surface area contributed by atoms with Crippen LogP contribution in [0.3, 0.4) is 0 Å². The van der Waals surface area contributed by atoms with Crippen LogP contribution in [0.4, 0.5) is 0 Å². The van der Waals surface area contributed by atoms with Crippen molar-refractivity contribution in [2.75, 3.05) is 13.5 Å². The lowest BCUT2D eigenvalue weighted by molar-refractivity contribution is -0.137. The van der Waals surface area contributed by atoms with Gasteiger partial charge in [0.15, 0.2) is 0 Å². The van der Waals surface area contributed by atoms with Gasteiger partial charge in [0.1, 0.15) is 6.54 Å². The van der Waals surface area contributed by atoms with Crippen LogP contribution in [0.1, 0.15) is 88.1 Å². The average molecular weight is 329 g/mol. The smallest absolute Gasteiger partial charge is 0.323 e. The van der Waals surface area contributed by atoms with E-state index in [1.807, 2.05) is 0 Å². The zero-order valence-electron chi connectivity index (χ0n) is 17.4. The van der Waals surface area contributed by atoms with Crippen molar-refractivity contribution in [2.45, 2.75) is 84.0 Å². The Morgan fingerprint density at radius 3 is 2.00 bits per heavy atom. The van der Waals surface area contributed by atoms with Gasteiger partial charge in [-0.15, -0.1) is 0 Å². The number of aliphatic carboxylic acids is 1. The Hall–Kier alpha value is -1.39. The third-order valence-corrected chi connectivity index (χ3v) is 3.64. The van der Waals surface area contributed by atoms with Crippen molar-refractivity contribution in [3.63, 3.8) is 0 Å². The highest BCUT2D eigenvalue weighted by Crippen LogP contribution is 2.12. The molecule has 0 fully saturated rings. The summed E-state index contributed by atoms with van der Waals surface area (Å²) < 4.78 is 21.6. The Kier molecular flexibility index (Phi) is 11.1. The molecule has 0 aliphatic heterocycles. The minimum absolute atomic E-state index is 0.259. The maximum absolute atomic E-state index is 11.7. The summed E-state index contributed by atoms with van der Waals surface area (Å²) in [6.45, 7) is -1.12. The van der Waals surface area contributed by atoms with Gasteiger partial charge >= 0.3 is 5.97 Å². The average Bonchev–Trinajstić information content (AvgIpc) is 2.55. The van der Waals surface area contributed by atoms with Crippen LogP contribution in [0.15, 0.2) is 4.99 Å². The molecule has 5 heteroatoms. The van der Waals surface area contributed by atoms with Gasteiger partial charge in [0.2, 0.25) is 5.91 Å². The first-order valence-corrected chi connectivity index (χ1v) is 8.83. The summed E-state index contributed by atoms with van der Waals surface area (Å²) in [6.07, 6.45) is 14.1. The standard InChI is InChI=1S/C18H34N2O3/c1-3-4-5-6-7-8-9-10-11-12-13-14-17(21)19-16-20(2)15-18(22)23/h16H,3-15H2,1-2H3,(H,22,23)/i2D3. The number of rotatable bonds is 15. The van der Waals surface area contributed by atoms with Crippen molar-refractivity contribution in [1.29, 1.82) is 0 Å². The largest absolute Gasteiger partial charge is 0.480 e. The van der Waals surface area contributed by atoms with Crippen molar-refractivity contribution >= 4 is 18.2 Å². The number of amides is 1. The maximum Gasteiger partial charge on any atom is 0.323 e. The molecule has 0 saturated heterocycles. The van der Waals surface area contributed by atoms with Gasteiger partial charge in [-0.1, -0.05) is 71.1 Å². The summed E-state index contributed by atoms with van der Waals surface area (Å²) in [4.78, 5) is 26.5. The SMILES string of the molecule is [2H]C([2H])([2H])N(C=NC(=O)CCCCCCCCCCCCC)CC(=O)O. The number of likely N-dealkylation sites (N-methyl/N-ethyl adjacent to an activating group) is 1. The fourth-order valence-electron chi connectivity index (χ4n) is 2.33. The Bertz CT molecular complexity index is 426. The van der Waals surface area contributed by atoms with E-state index in [2.05, 4.69) is 11.9 Å². The number of aliphatic imine (C=N–C) groups is 1. The second kappa shape index (κ2) is 15.5. The molecule has 5 nitrogen and oxygen atoms in total. The first-order valence-electron chi connectivity index (χ1n) is 10.3. The van der Waals surface area contributed by atoms with Crippen molar-refractivity contribution in [3.05, 3.63) is 0 Å². The molecule has 0 aliphatic rings. The fraction of sp³-hybridized carbons (Fsp3) is 0.833. The van der Waals surface area contributed by atoms with E-state index in [9.17, 15) is 9.59 Å². The lowest BCUT2D eigenvalue weighted by Crippen LogP contribution is -2.24. The molecule has 0 radical (unpaired) electrons. The van der Waals surface area contributed by atoms with Crippen LogP contribution in [0.25, 0.3) is 0 Å². The van der Waals surface area contributed by atoms with E-state index < -0.39 is 25.4 Å². The van der Waals surface area contributed by atoms with Crippen LogP contribution in [-0.4, -0.2) is 41.7 Å². The lowest BCUT2D eigenvalue weighted by Gasteiger charge is -2.08. The summed E-state index contributed by atoms with van der Waals surface area (Å²) in [7, 11) is 0. The van der Waals surface area contributed by atoms with E-state index in [1.54, 1.807) is 0 Å². The third kappa shape index (κ3) is 16.8. The zero-order valence-corrected chi connectivity index (χ0v) is 14.4. The predicted molar refractivity (Wildman–Crippen MR) is 94.8 cm³/mol. The quantitative estimate of drug-likeness (QED) is 0.277. The lowest BCUT2D eigenvalue weighted by atomic mass is 10.1. The van der Waals surface area contributed by atoms with Crippen molar-refractivity contribution < 1.29 is 18.8 Å². The number of carbonyl (C=O) groups excluding carboxylic acids is 1. The zero-order chi connectivity index (χ0) is 19.8. The van der Waals surface area contributed by atoms with Gasteiger partial charge in [-0.2, -0.15) is 0 Å². The molecule has 0 aliphatic carbocycles. The predicted octanol–water partition coefficient (Wildman–Crippen LogP) is 4.26. The summed E-state index contributed by atoms with van der Waals surface area (Å²) in [5.74, 6) is -1.70. The van der Waals surface area contributed by atoms with Crippen LogP contribution in [-0.2, 0) is 9.59 Å². The molecule has 23 heavy (non-hydrogen) atoms. The van der Waals surface area contributed by atoms with E-state index in [0.717, 1.165) is 25.6 Å². The summed E-state index contributed by atoms with van der Waals surface area (Å²) in [6, 6.07) is 0. The molecule has 0 aromatic rings. The van der Waals surface area contributed by atoms with Crippen LogP contribution < -0.4 is 0 Å². The van der Waals surface area contributed by atoms with Crippen molar-refractivity contribution in [3.8, 4) is 0 Å². The normalized spacial score (nSPS) is 13.5. The van der Waals surface area contributed by atoms with E-state index in [1.165, 1.54) is 51.4 Å². The molecule has 0 rings (SSSR count). The molecule has 0 saturated carbocycles. The summed E-state index contributed by atoms with van der Waals surface area (Å²) in [5, 5.41) is 8.69. The highest BCUT2D eigenvalue weighted by molar-refractivity contribution is 5.85. The summed E-state index contributed by atoms with van der Waals surface area (Å²) >= 11 is 0. The number of nitrogens with zero attached hydrogens (tertiary/aromatic N) is 2. The van der Waals surface area contributed by atoms with E-state index >= 15 is 0 Å². The Morgan fingerprint density at radius 1 is 1.00 bits per heavy atom. The number of hydrogen-bond acceptors (Lipinski definition) is 2. The highest BCUT2D eigenvalue weighted by atomic mass is 16.4. The Balaban J connectivity index is 3.77. The third-order valence-electron chi connectivity index (χ3n) is 3.64. The molecular formula is C18H34N2O3.